The lowest BCUT2D eigenvalue weighted by Crippen LogP contribution is -1.76. The van der Waals surface area contributed by atoms with Crippen molar-refractivity contribution in [2.45, 2.75) is 39.0 Å². The quantitative estimate of drug-likeness (QED) is 0.366. The molecular weight excluding hydrogens is 188 g/mol. The molecule has 9 heavy (non-hydrogen) atoms. The molecule has 0 fully saturated rings. The molecule has 2 radical (unpaired) electrons. The molecule has 0 bridgehead atoms. The van der Waals surface area contributed by atoms with Crippen LogP contribution in [0.3, 0.4) is 0 Å². The molecule has 0 aliphatic heterocycles. The molecule has 0 amide bonds. The van der Waals surface area contributed by atoms with E-state index in [1.165, 1.54) is 37.4 Å². The standard InChI is InChI=1S/C7H15Br.Mg/c1-2-3-4-5-6-7-8;/h2-7H2,1H3;. The van der Waals surface area contributed by atoms with E-state index >= 15 is 0 Å². The van der Waals surface area contributed by atoms with Gasteiger partial charge in [-0.25, -0.2) is 0 Å². The molecule has 0 aliphatic rings. The predicted molar refractivity (Wildman–Crippen MR) is 48.3 cm³/mol. The van der Waals surface area contributed by atoms with Crippen molar-refractivity contribution in [2.75, 3.05) is 5.33 Å². The zero-order valence-corrected chi connectivity index (χ0v) is 9.33. The van der Waals surface area contributed by atoms with Gasteiger partial charge < -0.3 is 0 Å². The molecule has 0 aromatic rings. The van der Waals surface area contributed by atoms with Crippen LogP contribution in [0, 0.1) is 0 Å². The average molecular weight is 203 g/mol. The van der Waals surface area contributed by atoms with E-state index in [0.29, 0.717) is 0 Å². The molecule has 0 spiro atoms. The molecule has 0 rings (SSSR count). The van der Waals surface area contributed by atoms with Gasteiger partial charge in [0.2, 0.25) is 0 Å². The van der Waals surface area contributed by atoms with Gasteiger partial charge in [-0.3, -0.25) is 0 Å². The smallest absolute Gasteiger partial charge is 0.00313 e. The number of halogens is 1. The minimum Gasteiger partial charge on any atom is -0.0928 e. The molecule has 0 heterocycles. The summed E-state index contributed by atoms with van der Waals surface area (Å²) >= 11 is 3.40. The van der Waals surface area contributed by atoms with Gasteiger partial charge in [0.15, 0.2) is 0 Å². The van der Waals surface area contributed by atoms with Crippen LogP contribution in [-0.2, 0) is 0 Å². The Hall–Kier alpha value is 1.25. The molecule has 0 saturated heterocycles. The molecule has 0 aromatic heterocycles. The fourth-order valence-corrected chi connectivity index (χ4v) is 1.09. The maximum atomic E-state index is 3.40. The highest BCUT2D eigenvalue weighted by atomic mass is 79.9. The topological polar surface area (TPSA) is 0 Å². The third-order valence-corrected chi connectivity index (χ3v) is 1.80. The van der Waals surface area contributed by atoms with Gasteiger partial charge in [0, 0.05) is 28.4 Å². The summed E-state index contributed by atoms with van der Waals surface area (Å²) in [6.07, 6.45) is 6.93. The van der Waals surface area contributed by atoms with Crippen molar-refractivity contribution in [1.29, 1.82) is 0 Å². The van der Waals surface area contributed by atoms with Crippen LogP contribution < -0.4 is 0 Å². The Morgan fingerprint density at radius 1 is 1.00 bits per heavy atom. The molecular formula is C7H15BrMg. The monoisotopic (exact) mass is 202 g/mol. The summed E-state index contributed by atoms with van der Waals surface area (Å²) in [5.41, 5.74) is 0. The summed E-state index contributed by atoms with van der Waals surface area (Å²) < 4.78 is 0. The Kier molecular flexibility index (Phi) is 17.1. The van der Waals surface area contributed by atoms with Gasteiger partial charge in [0.1, 0.15) is 0 Å². The van der Waals surface area contributed by atoms with E-state index in [4.69, 9.17) is 0 Å². The van der Waals surface area contributed by atoms with Gasteiger partial charge in [-0.1, -0.05) is 48.5 Å². The molecule has 0 aliphatic carbocycles. The number of hydrogen-bond acceptors (Lipinski definition) is 0. The van der Waals surface area contributed by atoms with Gasteiger partial charge in [-0.05, 0) is 6.42 Å². The second-order valence-corrected chi connectivity index (χ2v) is 2.90. The maximum absolute atomic E-state index is 3.40. The van der Waals surface area contributed by atoms with Crippen molar-refractivity contribution in [1.82, 2.24) is 0 Å². The van der Waals surface area contributed by atoms with E-state index < -0.39 is 0 Å². The lowest BCUT2D eigenvalue weighted by molar-refractivity contribution is 0.660. The highest BCUT2D eigenvalue weighted by Crippen LogP contribution is 2.03. The Balaban J connectivity index is 0. The molecule has 0 N–H and O–H groups in total. The van der Waals surface area contributed by atoms with Crippen molar-refractivity contribution in [3.63, 3.8) is 0 Å². The van der Waals surface area contributed by atoms with Crippen LogP contribution in [0.4, 0.5) is 0 Å². The van der Waals surface area contributed by atoms with Crippen molar-refractivity contribution in [3.8, 4) is 0 Å². The van der Waals surface area contributed by atoms with Crippen LogP contribution in [0.5, 0.6) is 0 Å². The summed E-state index contributed by atoms with van der Waals surface area (Å²) in [7, 11) is 0. The summed E-state index contributed by atoms with van der Waals surface area (Å²) in [5, 5.41) is 1.18. The Morgan fingerprint density at radius 2 is 1.56 bits per heavy atom. The highest BCUT2D eigenvalue weighted by Gasteiger charge is 1.84. The zero-order chi connectivity index (χ0) is 6.24. The van der Waals surface area contributed by atoms with Gasteiger partial charge in [-0.2, -0.15) is 0 Å². The van der Waals surface area contributed by atoms with Crippen LogP contribution in [0.1, 0.15) is 39.0 Å². The molecule has 0 nitrogen and oxygen atoms in total. The van der Waals surface area contributed by atoms with Crippen molar-refractivity contribution >= 4 is 39.0 Å². The Morgan fingerprint density at radius 3 is 2.00 bits per heavy atom. The molecule has 0 unspecified atom stereocenters. The van der Waals surface area contributed by atoms with Gasteiger partial charge in [-0.15, -0.1) is 0 Å². The SMILES string of the molecule is CCCCCCCBr.[Mg]. The van der Waals surface area contributed by atoms with Crippen molar-refractivity contribution < 1.29 is 0 Å². The third-order valence-electron chi connectivity index (χ3n) is 1.24. The number of hydrogen-bond donors (Lipinski definition) is 0. The van der Waals surface area contributed by atoms with E-state index in [9.17, 15) is 0 Å². The van der Waals surface area contributed by atoms with E-state index in [2.05, 4.69) is 22.9 Å². The van der Waals surface area contributed by atoms with Crippen molar-refractivity contribution in [3.05, 3.63) is 0 Å². The summed E-state index contributed by atoms with van der Waals surface area (Å²) in [4.78, 5) is 0. The van der Waals surface area contributed by atoms with Crippen molar-refractivity contribution in [2.24, 2.45) is 0 Å². The summed E-state index contributed by atoms with van der Waals surface area (Å²) in [6.45, 7) is 2.24. The predicted octanol–water partition coefficient (Wildman–Crippen LogP) is 2.97. The van der Waals surface area contributed by atoms with Gasteiger partial charge >= 0.3 is 0 Å². The van der Waals surface area contributed by atoms with E-state index in [1.54, 1.807) is 0 Å². The lowest BCUT2D eigenvalue weighted by Gasteiger charge is -1.93. The minimum absolute atomic E-state index is 0. The Labute approximate surface area is 83.1 Å². The molecule has 0 atom stereocenters. The number of alkyl halides is 1. The van der Waals surface area contributed by atoms with Crippen LogP contribution in [0.2, 0.25) is 0 Å². The Bertz CT molecular complexity index is 33.9. The average Bonchev–Trinajstić information content (AvgIpc) is 1.81. The lowest BCUT2D eigenvalue weighted by atomic mass is 10.2. The highest BCUT2D eigenvalue weighted by molar-refractivity contribution is 9.09. The molecule has 52 valence electrons. The number of rotatable bonds is 5. The second kappa shape index (κ2) is 12.0. The van der Waals surface area contributed by atoms with Crippen LogP contribution in [0.15, 0.2) is 0 Å². The molecule has 0 aromatic carbocycles. The first-order valence-corrected chi connectivity index (χ1v) is 4.60. The van der Waals surface area contributed by atoms with Gasteiger partial charge in [0.25, 0.3) is 0 Å². The zero-order valence-electron chi connectivity index (χ0n) is 6.33. The van der Waals surface area contributed by atoms with E-state index in [1.807, 2.05) is 0 Å². The normalized spacial score (nSPS) is 8.67. The largest absolute Gasteiger partial charge is 0.0928 e. The first-order valence-electron chi connectivity index (χ1n) is 3.47. The maximum Gasteiger partial charge on any atom is 0.00313 e. The van der Waals surface area contributed by atoms with E-state index in [-0.39, 0.29) is 23.1 Å². The fourth-order valence-electron chi connectivity index (χ4n) is 0.698. The van der Waals surface area contributed by atoms with E-state index in [0.717, 1.165) is 0 Å². The summed E-state index contributed by atoms with van der Waals surface area (Å²) in [6, 6.07) is 0. The van der Waals surface area contributed by atoms with Crippen LogP contribution in [0.25, 0.3) is 0 Å². The van der Waals surface area contributed by atoms with Crippen LogP contribution in [-0.4, -0.2) is 28.4 Å². The third kappa shape index (κ3) is 12.4. The fraction of sp³-hybridized carbons (Fsp3) is 1.00. The first kappa shape index (κ1) is 12.9. The van der Waals surface area contributed by atoms with Crippen LogP contribution >= 0.6 is 15.9 Å². The molecule has 0 saturated carbocycles. The minimum atomic E-state index is 0. The summed E-state index contributed by atoms with van der Waals surface area (Å²) in [5.74, 6) is 0. The number of unbranched alkanes of at least 4 members (excludes halogenated alkanes) is 4. The second-order valence-electron chi connectivity index (χ2n) is 2.10. The molecule has 2 heteroatoms. The van der Waals surface area contributed by atoms with Gasteiger partial charge in [0.05, 0.1) is 0 Å². The first-order chi connectivity index (χ1) is 3.91.